The second kappa shape index (κ2) is 10.5. The fourth-order valence-corrected chi connectivity index (χ4v) is 6.47. The van der Waals surface area contributed by atoms with Crippen molar-refractivity contribution in [2.24, 2.45) is 0 Å². The molecule has 2 aromatic carbocycles. The summed E-state index contributed by atoms with van der Waals surface area (Å²) in [7, 11) is 1.40. The average Bonchev–Trinajstić information content (AvgIpc) is 3.65. The molecule has 1 aliphatic heterocycles. The molecule has 1 amide bonds. The summed E-state index contributed by atoms with van der Waals surface area (Å²) in [6.07, 6.45) is 0. The van der Waals surface area contributed by atoms with Crippen molar-refractivity contribution in [1.82, 2.24) is 10.2 Å². The first-order valence-corrected chi connectivity index (χ1v) is 13.9. The van der Waals surface area contributed by atoms with Crippen LogP contribution in [0.1, 0.15) is 26.8 Å². The quantitative estimate of drug-likeness (QED) is 0.149. The fourth-order valence-electron chi connectivity index (χ4n) is 3.84. The summed E-state index contributed by atoms with van der Waals surface area (Å²) in [6, 6.07) is 14.3. The number of aromatic nitrogens is 2. The zero-order chi connectivity index (χ0) is 26.1. The van der Waals surface area contributed by atoms with E-state index < -0.39 is 23.5 Å². The molecule has 188 valence electrons. The Kier molecular flexibility index (Phi) is 7.20. The van der Waals surface area contributed by atoms with Crippen molar-refractivity contribution < 1.29 is 24.5 Å². The summed E-state index contributed by atoms with van der Waals surface area (Å²) in [5, 5.41) is 32.0. The minimum atomic E-state index is -1.00. The molecule has 0 saturated carbocycles. The number of thioether (sulfide) groups is 1. The monoisotopic (exact) mass is 571 g/mol. The Hall–Kier alpha value is -3.38. The average molecular weight is 572 g/mol. The third kappa shape index (κ3) is 4.95. The predicted octanol–water partition coefficient (Wildman–Crippen LogP) is 6.04. The molecule has 0 aliphatic carbocycles. The van der Waals surface area contributed by atoms with E-state index >= 15 is 0 Å². The molecular formula is C25H18ClN3O5S3. The van der Waals surface area contributed by atoms with Crippen LogP contribution in [0.15, 0.2) is 75.6 Å². The van der Waals surface area contributed by atoms with Gasteiger partial charge in [-0.25, -0.2) is 0 Å². The van der Waals surface area contributed by atoms with Crippen LogP contribution in [0.25, 0.3) is 0 Å². The van der Waals surface area contributed by atoms with Crippen LogP contribution in [-0.4, -0.2) is 39.2 Å². The number of Topliss-reactive ketones (excluding diaryl/α,β-unsaturated/α-hetero) is 1. The lowest BCUT2D eigenvalue weighted by molar-refractivity contribution is -0.117. The third-order valence-corrected chi connectivity index (χ3v) is 8.84. The number of nitrogens with zero attached hydrogens (tertiary/aromatic N) is 3. The van der Waals surface area contributed by atoms with Crippen molar-refractivity contribution in [2.45, 2.75) is 16.1 Å². The summed E-state index contributed by atoms with van der Waals surface area (Å²) < 4.78 is 5.85. The zero-order valence-electron chi connectivity index (χ0n) is 19.1. The van der Waals surface area contributed by atoms with E-state index in [2.05, 4.69) is 10.2 Å². The maximum atomic E-state index is 13.4. The van der Waals surface area contributed by atoms with Gasteiger partial charge < -0.3 is 14.9 Å². The number of hydrogen-bond donors (Lipinski definition) is 2. The van der Waals surface area contributed by atoms with Gasteiger partial charge in [0.05, 0.1) is 23.6 Å². The second-order valence-electron chi connectivity index (χ2n) is 7.84. The molecule has 1 aliphatic rings. The number of aliphatic hydroxyl groups excluding tert-OH is 1. The Morgan fingerprint density at radius 3 is 2.65 bits per heavy atom. The van der Waals surface area contributed by atoms with Gasteiger partial charge in [-0.3, -0.25) is 14.5 Å². The lowest BCUT2D eigenvalue weighted by Gasteiger charge is -2.24. The minimum Gasteiger partial charge on any atom is -0.504 e. The van der Waals surface area contributed by atoms with E-state index in [0.717, 1.165) is 5.56 Å². The van der Waals surface area contributed by atoms with Crippen molar-refractivity contribution in [3.8, 4) is 11.5 Å². The number of carbonyl (C=O) groups excluding carboxylic acids is 2. The van der Waals surface area contributed by atoms with Gasteiger partial charge in [0, 0.05) is 10.8 Å². The van der Waals surface area contributed by atoms with Crippen LogP contribution in [0.3, 0.4) is 0 Å². The molecule has 4 aromatic rings. The van der Waals surface area contributed by atoms with Crippen LogP contribution in [0, 0.1) is 0 Å². The van der Waals surface area contributed by atoms with Gasteiger partial charge in [-0.2, -0.15) is 0 Å². The van der Waals surface area contributed by atoms with Crippen LogP contribution in [0.2, 0.25) is 5.02 Å². The number of carbonyl (C=O) groups is 2. The smallest absolute Gasteiger partial charge is 0.296 e. The number of halogens is 1. The highest BCUT2D eigenvalue weighted by Crippen LogP contribution is 2.45. The number of benzene rings is 2. The minimum absolute atomic E-state index is 0.0780. The largest absolute Gasteiger partial charge is 0.504 e. The molecule has 0 bridgehead atoms. The van der Waals surface area contributed by atoms with Crippen LogP contribution < -0.4 is 9.64 Å². The highest BCUT2D eigenvalue weighted by Gasteiger charge is 2.46. The number of ether oxygens (including phenoxy) is 1. The molecule has 0 spiro atoms. The number of aliphatic hydroxyl groups is 1. The lowest BCUT2D eigenvalue weighted by Crippen LogP contribution is -2.31. The maximum Gasteiger partial charge on any atom is 0.296 e. The number of phenols is 1. The van der Waals surface area contributed by atoms with Gasteiger partial charge >= 0.3 is 0 Å². The second-order valence-corrected chi connectivity index (χ2v) is 11.4. The fraction of sp³-hybridized carbons (Fsp3) is 0.120. The van der Waals surface area contributed by atoms with Gasteiger partial charge in [-0.05, 0) is 46.8 Å². The SMILES string of the molecule is COc1cc(C2C(C(=O)c3cccs3)=C(O)C(=O)N2c2nnc(SCc3ccc(Cl)cc3)s2)ccc1O. The predicted molar refractivity (Wildman–Crippen MR) is 144 cm³/mol. The van der Waals surface area contributed by atoms with Gasteiger partial charge in [0.25, 0.3) is 5.91 Å². The Morgan fingerprint density at radius 1 is 1.16 bits per heavy atom. The van der Waals surface area contributed by atoms with E-state index in [0.29, 0.717) is 25.6 Å². The normalized spacial score (nSPS) is 15.5. The topological polar surface area (TPSA) is 113 Å². The molecule has 0 saturated heterocycles. The summed E-state index contributed by atoms with van der Waals surface area (Å²) in [6.45, 7) is 0. The summed E-state index contributed by atoms with van der Waals surface area (Å²) in [4.78, 5) is 28.4. The molecule has 37 heavy (non-hydrogen) atoms. The number of phenolic OH excluding ortho intramolecular Hbond substituents is 1. The van der Waals surface area contributed by atoms with E-state index in [1.807, 2.05) is 24.3 Å². The first-order valence-electron chi connectivity index (χ1n) is 10.8. The molecule has 12 heteroatoms. The number of rotatable bonds is 8. The number of thiophene rings is 1. The summed E-state index contributed by atoms with van der Waals surface area (Å²) in [5.41, 5.74) is 1.42. The number of ketones is 1. The van der Waals surface area contributed by atoms with E-state index in [4.69, 9.17) is 16.3 Å². The standard InChI is InChI=1S/C25H18ClN3O5S3/c1-34-17-11-14(6-9-16(17)30)20-19(21(31)18-3-2-10-35-18)22(32)23(33)29(20)24-27-28-25(37-24)36-12-13-4-7-15(26)8-5-13/h2-11,20,30,32H,12H2,1H3. The summed E-state index contributed by atoms with van der Waals surface area (Å²) in [5.74, 6) is -1.20. The number of amides is 1. The molecule has 3 heterocycles. The molecule has 2 N–H and O–H groups in total. The van der Waals surface area contributed by atoms with Crippen molar-refractivity contribution in [2.75, 3.05) is 12.0 Å². The van der Waals surface area contributed by atoms with Gasteiger partial charge in [-0.1, -0.05) is 59.0 Å². The Balaban J connectivity index is 1.51. The molecule has 5 rings (SSSR count). The highest BCUT2D eigenvalue weighted by molar-refractivity contribution is 8.00. The number of hydrogen-bond acceptors (Lipinski definition) is 10. The molecule has 2 aromatic heterocycles. The van der Waals surface area contributed by atoms with Gasteiger partial charge in [0.2, 0.25) is 10.9 Å². The molecular weight excluding hydrogens is 554 g/mol. The van der Waals surface area contributed by atoms with Crippen molar-refractivity contribution in [1.29, 1.82) is 0 Å². The maximum absolute atomic E-state index is 13.4. The van der Waals surface area contributed by atoms with Crippen molar-refractivity contribution in [3.05, 3.63) is 92.3 Å². The third-order valence-electron chi connectivity index (χ3n) is 5.59. The van der Waals surface area contributed by atoms with Crippen molar-refractivity contribution in [3.63, 3.8) is 0 Å². The van der Waals surface area contributed by atoms with E-state index in [1.54, 1.807) is 23.6 Å². The molecule has 0 fully saturated rings. The molecule has 8 nitrogen and oxygen atoms in total. The van der Waals surface area contributed by atoms with E-state index in [-0.39, 0.29) is 22.2 Å². The van der Waals surface area contributed by atoms with E-state index in [1.165, 1.54) is 58.6 Å². The lowest BCUT2D eigenvalue weighted by atomic mass is 9.95. The zero-order valence-corrected chi connectivity index (χ0v) is 22.3. The highest BCUT2D eigenvalue weighted by atomic mass is 35.5. The number of aromatic hydroxyl groups is 1. The van der Waals surface area contributed by atoms with Gasteiger partial charge in [0.15, 0.2) is 21.6 Å². The van der Waals surface area contributed by atoms with Gasteiger partial charge in [-0.15, -0.1) is 21.5 Å². The van der Waals surface area contributed by atoms with Crippen LogP contribution in [0.5, 0.6) is 11.5 Å². The van der Waals surface area contributed by atoms with E-state index in [9.17, 15) is 19.8 Å². The molecule has 0 radical (unpaired) electrons. The summed E-state index contributed by atoms with van der Waals surface area (Å²) >= 11 is 9.78. The first-order chi connectivity index (χ1) is 17.9. The Morgan fingerprint density at radius 2 is 1.95 bits per heavy atom. The van der Waals surface area contributed by atoms with Crippen LogP contribution in [0.4, 0.5) is 5.13 Å². The van der Waals surface area contributed by atoms with Gasteiger partial charge in [0.1, 0.15) is 0 Å². The Labute approximate surface area is 228 Å². The number of anilines is 1. The first kappa shape index (κ1) is 25.3. The van der Waals surface area contributed by atoms with Crippen LogP contribution >= 0.6 is 46.0 Å². The molecule has 1 atom stereocenters. The van der Waals surface area contributed by atoms with Crippen LogP contribution in [-0.2, 0) is 10.5 Å². The van der Waals surface area contributed by atoms with Crippen molar-refractivity contribution >= 4 is 62.9 Å². The number of methoxy groups -OCH3 is 1. The molecule has 1 unspecified atom stereocenters. The Bertz CT molecular complexity index is 1500.